The average molecular weight is 546 g/mol. The highest BCUT2D eigenvalue weighted by molar-refractivity contribution is 7.99. The Labute approximate surface area is 224 Å². The van der Waals surface area contributed by atoms with Crippen LogP contribution in [-0.4, -0.2) is 37.1 Å². The van der Waals surface area contributed by atoms with E-state index in [1.165, 1.54) is 34.9 Å². The summed E-state index contributed by atoms with van der Waals surface area (Å²) in [4.78, 5) is 26.6. The van der Waals surface area contributed by atoms with Crippen LogP contribution in [-0.2, 0) is 22.4 Å². The van der Waals surface area contributed by atoms with Crippen molar-refractivity contribution in [2.24, 2.45) is 11.3 Å². The van der Waals surface area contributed by atoms with Crippen LogP contribution in [0.4, 0.5) is 5.00 Å². The Hall–Kier alpha value is -3.05. The fraction of sp³-hybridized carbons (Fsp3) is 0.462. The Balaban J connectivity index is 1.44. The first-order valence-corrected chi connectivity index (χ1v) is 13.8. The van der Waals surface area contributed by atoms with Crippen LogP contribution in [0.3, 0.4) is 0 Å². The van der Waals surface area contributed by atoms with Gasteiger partial charge in [-0.25, -0.2) is 4.79 Å². The standard InChI is InChI=1S/C26H31N3O6S2/c1-26(2,3)15-6-11-18-19(14-15)37-22(21(18)24(31)34-5)27-20(30)12-13-36-23-25(32)35-28-29(23)16-7-9-17(33-4)10-8-16/h7-10,15H,6,11-14H2,1-5H3,(H-,27,28,30,31,32). The minimum absolute atomic E-state index is 0.131. The summed E-state index contributed by atoms with van der Waals surface area (Å²) in [6, 6.07) is 7.03. The van der Waals surface area contributed by atoms with Crippen molar-refractivity contribution < 1.29 is 33.4 Å². The van der Waals surface area contributed by atoms with E-state index in [9.17, 15) is 14.7 Å². The number of nitrogens with zero attached hydrogens (tertiary/aromatic N) is 2. The summed E-state index contributed by atoms with van der Waals surface area (Å²) in [5.41, 5.74) is 2.26. The van der Waals surface area contributed by atoms with Gasteiger partial charge in [0.2, 0.25) is 11.6 Å². The second kappa shape index (κ2) is 11.1. The smallest absolute Gasteiger partial charge is 0.341 e. The number of esters is 1. The number of amides is 1. The highest BCUT2D eigenvalue weighted by Crippen LogP contribution is 2.44. The number of anilines is 1. The molecule has 198 valence electrons. The molecule has 1 unspecified atom stereocenters. The molecule has 1 amide bonds. The molecule has 0 bridgehead atoms. The van der Waals surface area contributed by atoms with E-state index in [4.69, 9.17) is 14.0 Å². The van der Waals surface area contributed by atoms with E-state index in [2.05, 4.69) is 31.4 Å². The number of thioether (sulfide) groups is 1. The molecule has 0 saturated carbocycles. The Morgan fingerprint density at radius 2 is 2.00 bits per heavy atom. The predicted octanol–water partition coefficient (Wildman–Crippen LogP) is 4.15. The van der Waals surface area contributed by atoms with E-state index in [0.29, 0.717) is 33.7 Å². The molecule has 0 spiro atoms. The van der Waals surface area contributed by atoms with Gasteiger partial charge in [-0.2, -0.15) is 0 Å². The third kappa shape index (κ3) is 5.93. The zero-order valence-electron chi connectivity index (χ0n) is 21.6. The number of thiophene rings is 1. The zero-order valence-corrected chi connectivity index (χ0v) is 23.2. The van der Waals surface area contributed by atoms with Crippen LogP contribution in [0, 0.1) is 11.3 Å². The Bertz CT molecular complexity index is 1280. The Morgan fingerprint density at radius 3 is 2.65 bits per heavy atom. The normalized spacial score (nSPS) is 15.2. The number of benzene rings is 1. The number of methoxy groups -OCH3 is 2. The summed E-state index contributed by atoms with van der Waals surface area (Å²) >= 11 is 2.64. The fourth-order valence-electron chi connectivity index (χ4n) is 4.41. The minimum atomic E-state index is -0.575. The minimum Gasteiger partial charge on any atom is -0.538 e. The first-order chi connectivity index (χ1) is 17.6. The molecule has 0 aliphatic heterocycles. The van der Waals surface area contributed by atoms with Crippen molar-refractivity contribution in [1.82, 2.24) is 5.27 Å². The molecule has 1 atom stereocenters. The molecular weight excluding hydrogens is 514 g/mol. The zero-order chi connectivity index (χ0) is 26.7. The summed E-state index contributed by atoms with van der Waals surface area (Å²) in [7, 11) is 2.93. The van der Waals surface area contributed by atoms with E-state index in [1.807, 2.05) is 0 Å². The maximum absolute atomic E-state index is 12.8. The fourth-order valence-corrected chi connectivity index (χ4v) is 6.64. The Morgan fingerprint density at radius 1 is 1.27 bits per heavy atom. The topological polar surface area (TPSA) is 118 Å². The number of aromatic nitrogens is 2. The molecule has 37 heavy (non-hydrogen) atoms. The average Bonchev–Trinajstić information content (AvgIpc) is 3.42. The van der Waals surface area contributed by atoms with Gasteiger partial charge in [0.05, 0.1) is 25.1 Å². The third-order valence-electron chi connectivity index (χ3n) is 6.59. The van der Waals surface area contributed by atoms with E-state index < -0.39 is 11.9 Å². The van der Waals surface area contributed by atoms with E-state index >= 15 is 0 Å². The SMILES string of the molecule is COC(=O)c1c(NC(=O)CCSc2c([O-])on[n+]2-c2ccc(OC)cc2)sc2c1CCC(C(C)(C)C)C2. The molecule has 1 aliphatic rings. The summed E-state index contributed by atoms with van der Waals surface area (Å²) in [5.74, 6) is 0.251. The summed E-state index contributed by atoms with van der Waals surface area (Å²) < 4.78 is 16.5. The maximum Gasteiger partial charge on any atom is 0.341 e. The number of hydrogen-bond donors (Lipinski definition) is 1. The van der Waals surface area contributed by atoms with Crippen LogP contribution >= 0.6 is 23.1 Å². The third-order valence-corrected chi connectivity index (χ3v) is 8.78. The lowest BCUT2D eigenvalue weighted by molar-refractivity contribution is -0.705. The van der Waals surface area contributed by atoms with E-state index in [-0.39, 0.29) is 22.8 Å². The lowest BCUT2D eigenvalue weighted by Crippen LogP contribution is -2.34. The van der Waals surface area contributed by atoms with Crippen LogP contribution in [0.15, 0.2) is 33.8 Å². The van der Waals surface area contributed by atoms with Crippen LogP contribution in [0.1, 0.15) is 54.4 Å². The molecule has 0 fully saturated rings. The van der Waals surface area contributed by atoms with Gasteiger partial charge in [0, 0.05) is 29.2 Å². The molecule has 0 radical (unpaired) electrons. The van der Waals surface area contributed by atoms with Crippen LogP contribution in [0.5, 0.6) is 11.7 Å². The van der Waals surface area contributed by atoms with Crippen LogP contribution < -0.4 is 19.8 Å². The van der Waals surface area contributed by atoms with Gasteiger partial charge in [-0.3, -0.25) is 4.79 Å². The van der Waals surface area contributed by atoms with Crippen molar-refractivity contribution in [3.63, 3.8) is 0 Å². The second-order valence-corrected chi connectivity index (χ2v) is 12.1. The number of rotatable bonds is 8. The number of hydrogen-bond acceptors (Lipinski definition) is 9. The van der Waals surface area contributed by atoms with Crippen LogP contribution in [0.25, 0.3) is 5.69 Å². The highest BCUT2D eigenvalue weighted by Gasteiger charge is 2.34. The largest absolute Gasteiger partial charge is 0.538 e. The number of carbonyl (C=O) groups excluding carboxylic acids is 2. The first kappa shape index (κ1) is 27.0. The van der Waals surface area contributed by atoms with Gasteiger partial charge in [0.25, 0.3) is 5.03 Å². The number of ether oxygens (including phenoxy) is 2. The Kier molecular flexibility index (Phi) is 8.13. The molecule has 9 nitrogen and oxygen atoms in total. The van der Waals surface area contributed by atoms with Gasteiger partial charge in [0.15, 0.2) is 5.95 Å². The van der Waals surface area contributed by atoms with Gasteiger partial charge in [0.1, 0.15) is 10.8 Å². The van der Waals surface area contributed by atoms with E-state index in [0.717, 1.165) is 29.7 Å². The highest BCUT2D eigenvalue weighted by atomic mass is 32.2. The first-order valence-electron chi connectivity index (χ1n) is 12.0. The van der Waals surface area contributed by atoms with Gasteiger partial charge in [-0.15, -0.1) is 11.3 Å². The molecule has 4 rings (SSSR count). The van der Waals surface area contributed by atoms with Gasteiger partial charge >= 0.3 is 5.97 Å². The summed E-state index contributed by atoms with van der Waals surface area (Å²) in [6.45, 7) is 6.71. The molecule has 2 aromatic heterocycles. The number of carbonyl (C=O) groups is 2. The van der Waals surface area contributed by atoms with Gasteiger partial charge in [-0.1, -0.05) is 32.5 Å². The quantitative estimate of drug-likeness (QED) is 0.255. The molecule has 1 aliphatic carbocycles. The molecule has 0 saturated heterocycles. The molecular formula is C26H31N3O6S2. The van der Waals surface area contributed by atoms with Crippen molar-refractivity contribution in [1.29, 1.82) is 0 Å². The molecule has 2 heterocycles. The van der Waals surface area contributed by atoms with Crippen molar-refractivity contribution in [3.05, 3.63) is 40.3 Å². The van der Waals surface area contributed by atoms with Gasteiger partial charge < -0.3 is 24.4 Å². The maximum atomic E-state index is 12.8. The monoisotopic (exact) mass is 545 g/mol. The van der Waals surface area contributed by atoms with Gasteiger partial charge in [-0.05, 0) is 53.0 Å². The molecule has 1 N–H and O–H groups in total. The van der Waals surface area contributed by atoms with Crippen molar-refractivity contribution >= 4 is 40.0 Å². The molecule has 3 aromatic rings. The van der Waals surface area contributed by atoms with Crippen molar-refractivity contribution in [2.45, 2.75) is 51.5 Å². The van der Waals surface area contributed by atoms with E-state index in [1.54, 1.807) is 31.4 Å². The number of nitrogens with one attached hydrogen (secondary N) is 1. The summed E-state index contributed by atoms with van der Waals surface area (Å²) in [5, 5.41) is 19.8. The predicted molar refractivity (Wildman–Crippen MR) is 139 cm³/mol. The van der Waals surface area contributed by atoms with Crippen LogP contribution in [0.2, 0.25) is 0 Å². The molecule has 1 aromatic carbocycles. The van der Waals surface area contributed by atoms with Crippen molar-refractivity contribution in [3.8, 4) is 17.4 Å². The summed E-state index contributed by atoms with van der Waals surface area (Å²) in [6.07, 6.45) is 2.79. The second-order valence-electron chi connectivity index (χ2n) is 9.93. The molecule has 11 heteroatoms. The lowest BCUT2D eigenvalue weighted by Gasteiger charge is -2.33. The lowest BCUT2D eigenvalue weighted by atomic mass is 9.72. The number of fused-ring (bicyclic) bond motifs is 1. The van der Waals surface area contributed by atoms with Crippen molar-refractivity contribution in [2.75, 3.05) is 25.3 Å².